The average molecular weight is 408 g/mol. The first-order valence-electron chi connectivity index (χ1n) is 9.50. The molecule has 0 aliphatic heterocycles. The minimum atomic E-state index is -4.65. The summed E-state index contributed by atoms with van der Waals surface area (Å²) < 4.78 is 40.7. The molecular weight excluding hydrogens is 381 g/mol. The van der Waals surface area contributed by atoms with Crippen LogP contribution in [0.3, 0.4) is 0 Å². The van der Waals surface area contributed by atoms with E-state index in [0.29, 0.717) is 17.5 Å². The molecular formula is C22H27F3N2O2. The molecule has 0 fully saturated rings. The number of hydrogen-bond donors (Lipinski definition) is 3. The van der Waals surface area contributed by atoms with Gasteiger partial charge in [-0.15, -0.1) is 0 Å². The molecule has 29 heavy (non-hydrogen) atoms. The molecule has 0 aliphatic carbocycles. The molecule has 0 saturated carbocycles. The summed E-state index contributed by atoms with van der Waals surface area (Å²) in [6, 6.07) is 9.84. The summed E-state index contributed by atoms with van der Waals surface area (Å²) in [5.74, 6) is -0.730. The Balaban J connectivity index is 2.25. The molecule has 1 amide bonds. The van der Waals surface area contributed by atoms with Crippen molar-refractivity contribution < 1.29 is 23.1 Å². The SMILES string of the molecule is CC(C)C[C@H](N)C(=O)N[C@@H](c1ccc(-c2cccc(C(C)O)c2)cc1)C(F)(F)F. The highest BCUT2D eigenvalue weighted by molar-refractivity contribution is 5.82. The van der Waals surface area contributed by atoms with Gasteiger partial charge in [0.05, 0.1) is 12.1 Å². The third kappa shape index (κ3) is 6.30. The summed E-state index contributed by atoms with van der Waals surface area (Å²) in [4.78, 5) is 12.1. The maximum atomic E-state index is 13.6. The Morgan fingerprint density at radius 1 is 1.03 bits per heavy atom. The lowest BCUT2D eigenvalue weighted by atomic mass is 9.97. The minimum Gasteiger partial charge on any atom is -0.389 e. The number of aliphatic hydroxyl groups excluding tert-OH is 1. The molecule has 0 aromatic heterocycles. The van der Waals surface area contributed by atoms with E-state index in [4.69, 9.17) is 5.73 Å². The van der Waals surface area contributed by atoms with Crippen LogP contribution in [0.5, 0.6) is 0 Å². The molecule has 0 aliphatic rings. The molecule has 2 rings (SSSR count). The van der Waals surface area contributed by atoms with Gasteiger partial charge in [-0.05, 0) is 47.6 Å². The van der Waals surface area contributed by atoms with Crippen molar-refractivity contribution in [2.45, 2.75) is 51.6 Å². The van der Waals surface area contributed by atoms with Gasteiger partial charge in [0, 0.05) is 0 Å². The smallest absolute Gasteiger partial charge is 0.389 e. The monoisotopic (exact) mass is 408 g/mol. The second-order valence-corrected chi connectivity index (χ2v) is 7.64. The number of carbonyl (C=O) groups excluding carboxylic acids is 1. The standard InChI is InChI=1S/C22H27F3N2O2/c1-13(2)11-19(26)21(29)27-20(22(23,24)25)16-9-7-15(8-10-16)18-6-4-5-17(12-18)14(3)28/h4-10,12-14,19-20,28H,11,26H2,1-3H3,(H,27,29)/t14?,19-,20-/m0/s1. The predicted octanol–water partition coefficient (Wildman–Crippen LogP) is 4.50. The Morgan fingerprint density at radius 3 is 2.17 bits per heavy atom. The van der Waals surface area contributed by atoms with Crippen LogP contribution in [0, 0.1) is 5.92 Å². The number of nitrogens with one attached hydrogen (secondary N) is 1. The van der Waals surface area contributed by atoms with Gasteiger partial charge in [-0.3, -0.25) is 4.79 Å². The Hall–Kier alpha value is -2.38. The van der Waals surface area contributed by atoms with Gasteiger partial charge in [0.2, 0.25) is 5.91 Å². The van der Waals surface area contributed by atoms with Crippen molar-refractivity contribution in [3.63, 3.8) is 0 Å². The van der Waals surface area contributed by atoms with Crippen molar-refractivity contribution in [1.29, 1.82) is 0 Å². The second-order valence-electron chi connectivity index (χ2n) is 7.64. The molecule has 1 unspecified atom stereocenters. The van der Waals surface area contributed by atoms with Crippen LogP contribution in [0.2, 0.25) is 0 Å². The minimum absolute atomic E-state index is 0.0713. The zero-order chi connectivity index (χ0) is 21.8. The summed E-state index contributed by atoms with van der Waals surface area (Å²) in [6.45, 7) is 5.34. The van der Waals surface area contributed by atoms with E-state index < -0.39 is 30.3 Å². The fourth-order valence-electron chi connectivity index (χ4n) is 3.06. The van der Waals surface area contributed by atoms with Crippen molar-refractivity contribution in [2.24, 2.45) is 11.7 Å². The van der Waals surface area contributed by atoms with Gasteiger partial charge >= 0.3 is 6.18 Å². The fourth-order valence-corrected chi connectivity index (χ4v) is 3.06. The van der Waals surface area contributed by atoms with Crippen LogP contribution in [0.4, 0.5) is 13.2 Å². The number of aliphatic hydroxyl groups is 1. The van der Waals surface area contributed by atoms with Gasteiger partial charge in [0.25, 0.3) is 0 Å². The van der Waals surface area contributed by atoms with Crippen LogP contribution in [-0.4, -0.2) is 23.2 Å². The highest BCUT2D eigenvalue weighted by Gasteiger charge is 2.42. The van der Waals surface area contributed by atoms with Crippen molar-refractivity contribution in [3.8, 4) is 11.1 Å². The molecule has 0 radical (unpaired) electrons. The third-order valence-electron chi connectivity index (χ3n) is 4.62. The van der Waals surface area contributed by atoms with E-state index in [0.717, 1.165) is 5.56 Å². The van der Waals surface area contributed by atoms with Crippen LogP contribution in [0.1, 0.15) is 50.5 Å². The largest absolute Gasteiger partial charge is 0.412 e. The van der Waals surface area contributed by atoms with E-state index in [1.54, 1.807) is 37.3 Å². The van der Waals surface area contributed by atoms with Crippen LogP contribution in [-0.2, 0) is 4.79 Å². The average Bonchev–Trinajstić information content (AvgIpc) is 2.64. The highest BCUT2D eigenvalue weighted by Crippen LogP contribution is 2.34. The number of halogens is 3. The molecule has 3 atom stereocenters. The number of hydrogen-bond acceptors (Lipinski definition) is 3. The maximum absolute atomic E-state index is 13.6. The quantitative estimate of drug-likeness (QED) is 0.631. The molecule has 0 heterocycles. The van der Waals surface area contributed by atoms with Gasteiger partial charge in [0.15, 0.2) is 6.04 Å². The Labute approximate surface area is 168 Å². The van der Waals surface area contributed by atoms with Gasteiger partial charge in [-0.25, -0.2) is 0 Å². The van der Waals surface area contributed by atoms with Gasteiger partial charge < -0.3 is 16.2 Å². The van der Waals surface area contributed by atoms with Crippen LogP contribution in [0.15, 0.2) is 48.5 Å². The summed E-state index contributed by atoms with van der Waals surface area (Å²) in [6.07, 6.45) is -5.00. The van der Waals surface area contributed by atoms with Crippen molar-refractivity contribution in [3.05, 3.63) is 59.7 Å². The van der Waals surface area contributed by atoms with Gasteiger partial charge in [-0.1, -0.05) is 56.3 Å². The molecule has 2 aromatic rings. The Kier molecular flexibility index (Phi) is 7.43. The lowest BCUT2D eigenvalue weighted by Gasteiger charge is -2.24. The number of benzene rings is 2. The first kappa shape index (κ1) is 22.9. The van der Waals surface area contributed by atoms with E-state index in [2.05, 4.69) is 0 Å². The summed E-state index contributed by atoms with van der Waals surface area (Å²) in [7, 11) is 0. The van der Waals surface area contributed by atoms with Crippen LogP contribution < -0.4 is 11.1 Å². The number of nitrogens with two attached hydrogens (primary N) is 1. The number of amides is 1. The number of alkyl halides is 3. The Bertz CT molecular complexity index is 818. The molecule has 0 spiro atoms. The number of rotatable bonds is 7. The zero-order valence-corrected chi connectivity index (χ0v) is 16.7. The van der Waals surface area contributed by atoms with Gasteiger partial charge in [0.1, 0.15) is 0 Å². The normalized spacial score (nSPS) is 15.1. The van der Waals surface area contributed by atoms with E-state index >= 15 is 0 Å². The van der Waals surface area contributed by atoms with Crippen molar-refractivity contribution in [1.82, 2.24) is 5.32 Å². The van der Waals surface area contributed by atoms with Crippen LogP contribution >= 0.6 is 0 Å². The first-order valence-corrected chi connectivity index (χ1v) is 9.50. The molecule has 4 nitrogen and oxygen atoms in total. The molecule has 158 valence electrons. The number of carbonyl (C=O) groups is 1. The molecule has 4 N–H and O–H groups in total. The van der Waals surface area contributed by atoms with Crippen molar-refractivity contribution in [2.75, 3.05) is 0 Å². The summed E-state index contributed by atoms with van der Waals surface area (Å²) >= 11 is 0. The third-order valence-corrected chi connectivity index (χ3v) is 4.62. The highest BCUT2D eigenvalue weighted by atomic mass is 19.4. The van der Waals surface area contributed by atoms with E-state index in [-0.39, 0.29) is 11.5 Å². The predicted molar refractivity (Wildman–Crippen MR) is 107 cm³/mol. The molecule has 0 bridgehead atoms. The van der Waals surface area contributed by atoms with E-state index in [9.17, 15) is 23.1 Å². The molecule has 2 aromatic carbocycles. The van der Waals surface area contributed by atoms with E-state index in [1.165, 1.54) is 12.1 Å². The maximum Gasteiger partial charge on any atom is 0.412 e. The van der Waals surface area contributed by atoms with Crippen LogP contribution in [0.25, 0.3) is 11.1 Å². The second kappa shape index (κ2) is 9.41. The van der Waals surface area contributed by atoms with Crippen molar-refractivity contribution >= 4 is 5.91 Å². The lowest BCUT2D eigenvalue weighted by Crippen LogP contribution is -2.46. The summed E-state index contributed by atoms with van der Waals surface area (Å²) in [5, 5.41) is 11.7. The zero-order valence-electron chi connectivity index (χ0n) is 16.7. The first-order chi connectivity index (χ1) is 13.5. The molecule has 0 saturated heterocycles. The van der Waals surface area contributed by atoms with E-state index in [1.807, 2.05) is 25.2 Å². The lowest BCUT2D eigenvalue weighted by molar-refractivity contribution is -0.163. The molecule has 7 heteroatoms. The fraction of sp³-hybridized carbons (Fsp3) is 0.409. The topological polar surface area (TPSA) is 75.4 Å². The van der Waals surface area contributed by atoms with Gasteiger partial charge in [-0.2, -0.15) is 13.2 Å². The summed E-state index contributed by atoms with van der Waals surface area (Å²) in [5.41, 5.74) is 7.86. The Morgan fingerprint density at radius 2 is 1.66 bits per heavy atom.